The third-order valence-corrected chi connectivity index (χ3v) is 10.9. The summed E-state index contributed by atoms with van der Waals surface area (Å²) in [5, 5.41) is 13.6. The zero-order valence-electron chi connectivity index (χ0n) is 20.2. The SMILES string of the molecule is CCN[C@H]1CC(C)S(=O)(=O)c2sc(S(=O)(=O)NC(=O)C(COC(=O)CCCO[N+](=O)[O-])NC(C)=O)cc21. The van der Waals surface area contributed by atoms with Gasteiger partial charge in [-0.2, -0.15) is 0 Å². The molecule has 37 heavy (non-hydrogen) atoms. The summed E-state index contributed by atoms with van der Waals surface area (Å²) in [5.74, 6) is -2.80. The number of sulfonamides is 1. The molecular formula is C19H28N4O11S3. The van der Waals surface area contributed by atoms with Crippen LogP contribution >= 0.6 is 11.3 Å². The van der Waals surface area contributed by atoms with Gasteiger partial charge < -0.3 is 20.2 Å². The van der Waals surface area contributed by atoms with Crippen LogP contribution in [0.2, 0.25) is 0 Å². The minimum absolute atomic E-state index is 0.0519. The molecule has 1 aromatic heterocycles. The number of thiophene rings is 1. The van der Waals surface area contributed by atoms with E-state index in [1.807, 2.05) is 6.92 Å². The maximum absolute atomic E-state index is 12.9. The van der Waals surface area contributed by atoms with E-state index in [9.17, 15) is 41.3 Å². The average Bonchev–Trinajstić information content (AvgIpc) is 3.25. The number of esters is 1. The van der Waals surface area contributed by atoms with Gasteiger partial charge in [0.05, 0.1) is 11.9 Å². The molecule has 18 heteroatoms. The summed E-state index contributed by atoms with van der Waals surface area (Å²) < 4.78 is 57.6. The maximum Gasteiger partial charge on any atom is 0.305 e. The lowest BCUT2D eigenvalue weighted by molar-refractivity contribution is -0.757. The molecule has 2 rings (SSSR count). The zero-order valence-corrected chi connectivity index (χ0v) is 22.7. The van der Waals surface area contributed by atoms with Gasteiger partial charge in [0.2, 0.25) is 5.91 Å². The largest absolute Gasteiger partial charge is 0.463 e. The number of nitrogens with one attached hydrogen (secondary N) is 3. The van der Waals surface area contributed by atoms with Gasteiger partial charge in [-0.05, 0) is 32.4 Å². The van der Waals surface area contributed by atoms with Crippen molar-refractivity contribution in [3.63, 3.8) is 0 Å². The average molecular weight is 585 g/mol. The zero-order chi connectivity index (χ0) is 28.0. The Labute approximate surface area is 217 Å². The summed E-state index contributed by atoms with van der Waals surface area (Å²) in [6.45, 7) is 3.87. The fourth-order valence-electron chi connectivity index (χ4n) is 3.46. The summed E-state index contributed by atoms with van der Waals surface area (Å²) in [5.41, 5.74) is 0.297. The van der Waals surface area contributed by atoms with Crippen molar-refractivity contribution in [1.82, 2.24) is 15.4 Å². The molecule has 0 aromatic carbocycles. The fourth-order valence-corrected chi connectivity index (χ4v) is 8.47. The van der Waals surface area contributed by atoms with Gasteiger partial charge in [0.25, 0.3) is 21.0 Å². The molecule has 208 valence electrons. The van der Waals surface area contributed by atoms with Gasteiger partial charge in [-0.1, -0.05) is 6.92 Å². The Morgan fingerprint density at radius 2 is 2.00 bits per heavy atom. The Morgan fingerprint density at radius 1 is 1.32 bits per heavy atom. The van der Waals surface area contributed by atoms with Crippen LogP contribution in [-0.4, -0.2) is 70.8 Å². The minimum Gasteiger partial charge on any atom is -0.463 e. The van der Waals surface area contributed by atoms with Crippen LogP contribution in [0.4, 0.5) is 0 Å². The summed E-state index contributed by atoms with van der Waals surface area (Å²) in [6, 6.07) is -0.775. The van der Waals surface area contributed by atoms with Crippen LogP contribution in [-0.2, 0) is 43.8 Å². The van der Waals surface area contributed by atoms with Crippen molar-refractivity contribution in [2.24, 2.45) is 0 Å². The number of fused-ring (bicyclic) bond motifs is 1. The highest BCUT2D eigenvalue weighted by Crippen LogP contribution is 2.42. The molecule has 0 fully saturated rings. The second-order valence-electron chi connectivity index (χ2n) is 8.08. The molecule has 0 saturated heterocycles. The summed E-state index contributed by atoms with van der Waals surface area (Å²) in [7, 11) is -8.31. The summed E-state index contributed by atoms with van der Waals surface area (Å²) in [4.78, 5) is 50.2. The normalized spacial score (nSPS) is 19.2. The molecule has 0 spiro atoms. The first-order valence-electron chi connectivity index (χ1n) is 11.1. The number of amides is 2. The first-order valence-corrected chi connectivity index (χ1v) is 14.9. The number of nitrogens with zero attached hydrogens (tertiary/aromatic N) is 1. The molecule has 1 aliphatic rings. The monoisotopic (exact) mass is 584 g/mol. The van der Waals surface area contributed by atoms with Crippen LogP contribution in [0.5, 0.6) is 0 Å². The second kappa shape index (κ2) is 12.6. The highest BCUT2D eigenvalue weighted by Gasteiger charge is 2.40. The molecule has 2 amide bonds. The molecule has 3 atom stereocenters. The van der Waals surface area contributed by atoms with E-state index < -0.39 is 70.9 Å². The van der Waals surface area contributed by atoms with E-state index in [1.165, 1.54) is 13.0 Å². The Kier molecular flexibility index (Phi) is 10.4. The number of rotatable bonds is 13. The Bertz CT molecular complexity index is 1240. The van der Waals surface area contributed by atoms with Crippen molar-refractivity contribution in [2.45, 2.75) is 65.8 Å². The Balaban J connectivity index is 2.16. The fraction of sp³-hybridized carbons (Fsp3) is 0.632. The lowest BCUT2D eigenvalue weighted by atomic mass is 10.1. The van der Waals surface area contributed by atoms with Gasteiger partial charge in [-0.25, -0.2) is 21.6 Å². The first kappa shape index (κ1) is 30.4. The third kappa shape index (κ3) is 8.08. The van der Waals surface area contributed by atoms with Crippen LogP contribution in [0.15, 0.2) is 14.5 Å². The predicted octanol–water partition coefficient (Wildman–Crippen LogP) is -0.194. The van der Waals surface area contributed by atoms with Crippen molar-refractivity contribution in [3.8, 4) is 0 Å². The van der Waals surface area contributed by atoms with Crippen molar-refractivity contribution >= 4 is 49.0 Å². The topological polar surface area (TPSA) is 217 Å². The lowest BCUT2D eigenvalue weighted by Gasteiger charge is -2.27. The predicted molar refractivity (Wildman–Crippen MR) is 128 cm³/mol. The number of carbonyl (C=O) groups excluding carboxylic acids is 3. The van der Waals surface area contributed by atoms with Gasteiger partial charge in [0.15, 0.2) is 9.84 Å². The van der Waals surface area contributed by atoms with Gasteiger partial charge in [-0.15, -0.1) is 21.5 Å². The molecule has 15 nitrogen and oxygen atoms in total. The molecule has 2 heterocycles. The van der Waals surface area contributed by atoms with Crippen LogP contribution in [0.25, 0.3) is 0 Å². The molecule has 1 aromatic rings. The Hall–Kier alpha value is -2.83. The summed E-state index contributed by atoms with van der Waals surface area (Å²) in [6.07, 6.45) is -0.0926. The van der Waals surface area contributed by atoms with Gasteiger partial charge in [-0.3, -0.25) is 14.4 Å². The van der Waals surface area contributed by atoms with E-state index >= 15 is 0 Å². The molecular weight excluding hydrogens is 556 g/mol. The number of carbonyl (C=O) groups is 3. The van der Waals surface area contributed by atoms with E-state index in [1.54, 1.807) is 4.72 Å². The highest BCUT2D eigenvalue weighted by molar-refractivity contribution is 7.95. The minimum atomic E-state index is -4.55. The number of sulfone groups is 1. The second-order valence-corrected chi connectivity index (χ2v) is 13.6. The number of ether oxygens (including phenoxy) is 1. The molecule has 0 bridgehead atoms. The van der Waals surface area contributed by atoms with E-state index in [2.05, 4.69) is 15.5 Å². The third-order valence-electron chi connectivity index (χ3n) is 5.21. The maximum atomic E-state index is 12.9. The molecule has 0 radical (unpaired) electrons. The highest BCUT2D eigenvalue weighted by atomic mass is 32.3. The molecule has 0 saturated carbocycles. The number of hydrogen-bond acceptors (Lipinski definition) is 13. The van der Waals surface area contributed by atoms with Crippen LogP contribution in [0.1, 0.15) is 51.6 Å². The van der Waals surface area contributed by atoms with Crippen LogP contribution < -0.4 is 15.4 Å². The molecule has 3 N–H and O–H groups in total. The van der Waals surface area contributed by atoms with E-state index in [-0.39, 0.29) is 30.1 Å². The van der Waals surface area contributed by atoms with E-state index in [0.29, 0.717) is 23.4 Å². The van der Waals surface area contributed by atoms with Crippen molar-refractivity contribution in [3.05, 3.63) is 21.7 Å². The Morgan fingerprint density at radius 3 is 2.59 bits per heavy atom. The van der Waals surface area contributed by atoms with Gasteiger partial charge in [0, 0.05) is 24.9 Å². The first-order chi connectivity index (χ1) is 17.2. The smallest absolute Gasteiger partial charge is 0.305 e. The molecule has 2 unspecified atom stereocenters. The number of hydrogen-bond donors (Lipinski definition) is 3. The lowest BCUT2D eigenvalue weighted by Crippen LogP contribution is -2.50. The van der Waals surface area contributed by atoms with Crippen molar-refractivity contribution in [1.29, 1.82) is 0 Å². The van der Waals surface area contributed by atoms with Crippen molar-refractivity contribution < 1.29 is 45.9 Å². The van der Waals surface area contributed by atoms with Crippen LogP contribution in [0, 0.1) is 10.1 Å². The van der Waals surface area contributed by atoms with Gasteiger partial charge in [0.1, 0.15) is 21.1 Å². The van der Waals surface area contributed by atoms with Crippen molar-refractivity contribution in [2.75, 3.05) is 19.8 Å². The standard InChI is InChI=1S/C19H28N4O11S3/c1-4-20-14-8-11(2)36(29,30)19-13(14)9-17(35-19)37(31,32)22-18(26)15(21-12(3)24)10-33-16(25)6-5-7-34-23(27)28/h9,11,14-15,20H,4-8,10H2,1-3H3,(H,21,24)(H,22,26)/t11?,14-,15?/m0/s1. The quantitative estimate of drug-likeness (QED) is 0.119. The molecule has 1 aliphatic heterocycles. The van der Waals surface area contributed by atoms with E-state index in [0.717, 1.165) is 6.92 Å². The van der Waals surface area contributed by atoms with E-state index in [4.69, 9.17) is 4.74 Å². The van der Waals surface area contributed by atoms with Crippen LogP contribution in [0.3, 0.4) is 0 Å². The molecule has 0 aliphatic carbocycles. The summed E-state index contributed by atoms with van der Waals surface area (Å²) >= 11 is 0.519. The van der Waals surface area contributed by atoms with Gasteiger partial charge >= 0.3 is 5.97 Å².